The molecule has 38 heavy (non-hydrogen) atoms. The summed E-state index contributed by atoms with van der Waals surface area (Å²) < 4.78 is 25.6. The molecule has 1 aliphatic heterocycles. The second kappa shape index (κ2) is 11.2. The van der Waals surface area contributed by atoms with Crippen LogP contribution in [0.2, 0.25) is 5.02 Å². The lowest BCUT2D eigenvalue weighted by molar-refractivity contribution is 0.0572. The number of carbonyl (C=O) groups excluding carboxylic acids is 1. The second-order valence-corrected chi connectivity index (χ2v) is 12.2. The van der Waals surface area contributed by atoms with Gasteiger partial charge in [-0.2, -0.15) is 0 Å². The summed E-state index contributed by atoms with van der Waals surface area (Å²) in [6, 6.07) is 15.0. The Hall–Kier alpha value is -2.72. The summed E-state index contributed by atoms with van der Waals surface area (Å²) in [6.07, 6.45) is 6.91. The zero-order valence-electron chi connectivity index (χ0n) is 21.1. The number of sulfonamides is 1. The maximum Gasteiger partial charge on any atom is 0.257 e. The quantitative estimate of drug-likeness (QED) is 0.449. The zero-order chi connectivity index (χ0) is 26.2. The third-order valence-electron chi connectivity index (χ3n) is 7.55. The highest BCUT2D eigenvalue weighted by Gasteiger charge is 2.40. The molecule has 0 radical (unpaired) electrons. The number of benzene rings is 2. The van der Waals surface area contributed by atoms with Gasteiger partial charge in [-0.1, -0.05) is 35.9 Å². The number of aromatic nitrogens is 2. The minimum atomic E-state index is -3.40. The standard InChI is InChI=1S/C27H30ClN5O3S.ClH/c1-37(35,36)32-21-7-2-4-18(14-21)25-30-16-23-24(31-25)10-13-33(26(23)34)22-8-11-27(17-29,12-9-22)19-5-3-6-20(28)15-19;/h2-7,14-16,22,32H,8-13,17,29H2,1H3;1H/t22-,27+;. The molecule has 2 aromatic carbocycles. The minimum absolute atomic E-state index is 0. The van der Waals surface area contributed by atoms with E-state index in [1.807, 2.05) is 29.2 Å². The molecule has 0 saturated heterocycles. The van der Waals surface area contributed by atoms with Gasteiger partial charge in [-0.3, -0.25) is 9.52 Å². The molecule has 3 aromatic rings. The third kappa shape index (κ3) is 5.81. The summed E-state index contributed by atoms with van der Waals surface area (Å²) in [7, 11) is -3.40. The normalized spacial score (nSPS) is 21.4. The van der Waals surface area contributed by atoms with Crippen LogP contribution in [0.1, 0.15) is 47.3 Å². The van der Waals surface area contributed by atoms with Gasteiger partial charge in [0.15, 0.2) is 5.82 Å². The number of rotatable bonds is 6. The van der Waals surface area contributed by atoms with Gasteiger partial charge in [0, 0.05) is 53.4 Å². The van der Waals surface area contributed by atoms with Gasteiger partial charge in [-0.15, -0.1) is 12.4 Å². The molecule has 11 heteroatoms. The summed E-state index contributed by atoms with van der Waals surface area (Å²) >= 11 is 6.25. The maximum atomic E-state index is 13.4. The van der Waals surface area contributed by atoms with Crippen molar-refractivity contribution in [2.45, 2.75) is 43.6 Å². The number of amides is 1. The molecular weight excluding hydrogens is 545 g/mol. The highest BCUT2D eigenvalue weighted by molar-refractivity contribution is 7.92. The predicted molar refractivity (Wildman–Crippen MR) is 152 cm³/mol. The van der Waals surface area contributed by atoms with Gasteiger partial charge in [0.05, 0.1) is 17.5 Å². The van der Waals surface area contributed by atoms with E-state index in [4.69, 9.17) is 17.3 Å². The molecule has 2 aliphatic rings. The van der Waals surface area contributed by atoms with Crippen LogP contribution in [0, 0.1) is 0 Å². The fourth-order valence-corrected chi connectivity index (χ4v) is 6.33. The lowest BCUT2D eigenvalue weighted by Crippen LogP contribution is -2.49. The monoisotopic (exact) mass is 575 g/mol. The highest BCUT2D eigenvalue weighted by Crippen LogP contribution is 2.41. The van der Waals surface area contributed by atoms with Crippen LogP contribution in [0.4, 0.5) is 5.69 Å². The fourth-order valence-electron chi connectivity index (χ4n) is 5.59. The number of hydrogen-bond acceptors (Lipinski definition) is 6. The number of anilines is 1. The summed E-state index contributed by atoms with van der Waals surface area (Å²) in [6.45, 7) is 1.16. The van der Waals surface area contributed by atoms with Crippen molar-refractivity contribution in [3.8, 4) is 11.4 Å². The van der Waals surface area contributed by atoms with Gasteiger partial charge in [-0.25, -0.2) is 18.4 Å². The Kier molecular flexibility index (Phi) is 8.32. The lowest BCUT2D eigenvalue weighted by atomic mass is 9.68. The van der Waals surface area contributed by atoms with Gasteiger partial charge in [-0.05, 0) is 55.5 Å². The lowest BCUT2D eigenvalue weighted by Gasteiger charge is -2.44. The molecule has 0 atom stereocenters. The van der Waals surface area contributed by atoms with Crippen molar-refractivity contribution in [3.63, 3.8) is 0 Å². The van der Waals surface area contributed by atoms with Gasteiger partial charge in [0.2, 0.25) is 10.0 Å². The Balaban J connectivity index is 0.00000336. The van der Waals surface area contributed by atoms with Gasteiger partial charge in [0.25, 0.3) is 5.91 Å². The van der Waals surface area contributed by atoms with Crippen LogP contribution in [0.5, 0.6) is 0 Å². The van der Waals surface area contributed by atoms with Crippen LogP contribution in [-0.2, 0) is 21.9 Å². The summed E-state index contributed by atoms with van der Waals surface area (Å²) in [5, 5.41) is 0.716. The number of hydrogen-bond donors (Lipinski definition) is 2. The van der Waals surface area contributed by atoms with E-state index in [0.29, 0.717) is 47.2 Å². The van der Waals surface area contributed by atoms with Gasteiger partial charge >= 0.3 is 0 Å². The number of carbonyl (C=O) groups is 1. The Morgan fingerprint density at radius 2 is 1.89 bits per heavy atom. The maximum absolute atomic E-state index is 13.4. The Bertz CT molecular complexity index is 1440. The molecule has 0 bridgehead atoms. The second-order valence-electron chi connectivity index (χ2n) is 9.98. The van der Waals surface area contributed by atoms with Crippen molar-refractivity contribution in [1.29, 1.82) is 0 Å². The molecule has 5 rings (SSSR count). The van der Waals surface area contributed by atoms with Crippen LogP contribution in [-0.4, -0.2) is 54.6 Å². The van der Waals surface area contributed by atoms with E-state index >= 15 is 0 Å². The van der Waals surface area contributed by atoms with Crippen LogP contribution in [0.25, 0.3) is 11.4 Å². The SMILES string of the molecule is CS(=O)(=O)Nc1cccc(-c2ncc3c(n2)CCN([C@H]2CC[C@@](CN)(c4cccc(Cl)c4)CC2)C3=O)c1.Cl. The van der Waals surface area contributed by atoms with E-state index in [0.717, 1.165) is 37.6 Å². The zero-order valence-corrected chi connectivity index (χ0v) is 23.5. The first-order valence-corrected chi connectivity index (χ1v) is 14.7. The topological polar surface area (TPSA) is 118 Å². The fraction of sp³-hybridized carbons (Fsp3) is 0.370. The molecule has 1 amide bonds. The number of nitrogens with one attached hydrogen (secondary N) is 1. The smallest absolute Gasteiger partial charge is 0.257 e. The predicted octanol–water partition coefficient (Wildman–Crippen LogP) is 4.43. The van der Waals surface area contributed by atoms with Crippen molar-refractivity contribution in [3.05, 3.63) is 76.6 Å². The molecule has 0 unspecified atom stereocenters. The average Bonchev–Trinajstić information content (AvgIpc) is 2.88. The number of nitrogens with zero attached hydrogens (tertiary/aromatic N) is 3. The van der Waals surface area contributed by atoms with E-state index in [1.54, 1.807) is 24.4 Å². The van der Waals surface area contributed by atoms with Gasteiger partial charge < -0.3 is 10.6 Å². The first-order valence-electron chi connectivity index (χ1n) is 12.4. The number of halogens is 2. The molecule has 1 fully saturated rings. The van der Waals surface area contributed by atoms with Crippen LogP contribution in [0.3, 0.4) is 0 Å². The first kappa shape index (κ1) is 28.3. The van der Waals surface area contributed by atoms with E-state index in [2.05, 4.69) is 20.8 Å². The number of nitrogens with two attached hydrogens (primary N) is 1. The van der Waals surface area contributed by atoms with E-state index in [9.17, 15) is 13.2 Å². The third-order valence-corrected chi connectivity index (χ3v) is 8.39. The van der Waals surface area contributed by atoms with E-state index in [1.165, 1.54) is 5.56 Å². The molecule has 202 valence electrons. The summed E-state index contributed by atoms with van der Waals surface area (Å²) in [4.78, 5) is 24.5. The Morgan fingerprint density at radius 3 is 2.58 bits per heavy atom. The number of fused-ring (bicyclic) bond motifs is 1. The molecule has 1 aliphatic carbocycles. The largest absolute Gasteiger partial charge is 0.335 e. The van der Waals surface area contributed by atoms with Crippen molar-refractivity contribution >= 4 is 45.6 Å². The first-order chi connectivity index (χ1) is 17.7. The molecule has 1 aromatic heterocycles. The molecular formula is C27H31Cl2N5O3S. The summed E-state index contributed by atoms with van der Waals surface area (Å²) in [5.74, 6) is 0.428. The van der Waals surface area contributed by atoms with Crippen molar-refractivity contribution < 1.29 is 13.2 Å². The van der Waals surface area contributed by atoms with Crippen molar-refractivity contribution in [2.24, 2.45) is 5.73 Å². The molecule has 1 saturated carbocycles. The molecule has 3 N–H and O–H groups in total. The molecule has 0 spiro atoms. The van der Waals surface area contributed by atoms with E-state index < -0.39 is 10.0 Å². The van der Waals surface area contributed by atoms with Crippen LogP contribution >= 0.6 is 24.0 Å². The van der Waals surface area contributed by atoms with Crippen LogP contribution < -0.4 is 10.5 Å². The van der Waals surface area contributed by atoms with E-state index in [-0.39, 0.29) is 29.8 Å². The molecule has 2 heterocycles. The Labute approximate surface area is 234 Å². The van der Waals surface area contributed by atoms with Gasteiger partial charge in [0.1, 0.15) is 0 Å². The summed E-state index contributed by atoms with van der Waals surface area (Å²) in [5.41, 5.74) is 9.69. The van der Waals surface area contributed by atoms with Crippen molar-refractivity contribution in [1.82, 2.24) is 14.9 Å². The Morgan fingerprint density at radius 1 is 1.16 bits per heavy atom. The van der Waals surface area contributed by atoms with Crippen LogP contribution in [0.15, 0.2) is 54.7 Å². The molecule has 8 nitrogen and oxygen atoms in total. The minimum Gasteiger partial charge on any atom is -0.335 e. The van der Waals surface area contributed by atoms with Crippen molar-refractivity contribution in [2.75, 3.05) is 24.1 Å². The average molecular weight is 577 g/mol. The highest BCUT2D eigenvalue weighted by atomic mass is 35.5.